The molecule has 3 aromatic rings. The Bertz CT molecular complexity index is 627. The zero-order chi connectivity index (χ0) is 11.7. The van der Waals surface area contributed by atoms with Gasteiger partial charge in [-0.05, 0) is 13.0 Å². The van der Waals surface area contributed by atoms with E-state index in [1.54, 1.807) is 11.3 Å². The van der Waals surface area contributed by atoms with Crippen molar-refractivity contribution >= 4 is 22.4 Å². The standard InChI is InChI=1S/C12H12N4S/c1-2-16-11-3-4-13-7-10(11)15-12(16)5-9-6-14-8-17-9/h3-4,6-8H,2,5H2,1H3. The number of fused-ring (bicyclic) bond motifs is 1. The van der Waals surface area contributed by atoms with E-state index < -0.39 is 0 Å². The van der Waals surface area contributed by atoms with Crippen LogP contribution >= 0.6 is 11.3 Å². The van der Waals surface area contributed by atoms with Gasteiger partial charge in [0.05, 0.1) is 17.2 Å². The number of hydrogen-bond acceptors (Lipinski definition) is 4. The SMILES string of the molecule is CCn1c(Cc2cncs2)nc2cnccc21. The topological polar surface area (TPSA) is 43.6 Å². The lowest BCUT2D eigenvalue weighted by Gasteiger charge is -2.04. The predicted octanol–water partition coefficient (Wildman–Crippen LogP) is 2.50. The highest BCUT2D eigenvalue weighted by Gasteiger charge is 2.10. The maximum absolute atomic E-state index is 4.64. The van der Waals surface area contributed by atoms with Crippen LogP contribution in [0.15, 0.2) is 30.2 Å². The third kappa shape index (κ3) is 1.82. The zero-order valence-corrected chi connectivity index (χ0v) is 10.3. The summed E-state index contributed by atoms with van der Waals surface area (Å²) in [6.45, 7) is 3.06. The quantitative estimate of drug-likeness (QED) is 0.711. The van der Waals surface area contributed by atoms with Gasteiger partial charge in [0.25, 0.3) is 0 Å². The fraction of sp³-hybridized carbons (Fsp3) is 0.250. The number of aromatic nitrogens is 4. The minimum absolute atomic E-state index is 0.840. The van der Waals surface area contributed by atoms with E-state index in [-0.39, 0.29) is 0 Å². The third-order valence-electron chi connectivity index (χ3n) is 2.76. The summed E-state index contributed by atoms with van der Waals surface area (Å²) in [5.41, 5.74) is 3.98. The molecule has 3 heterocycles. The maximum Gasteiger partial charge on any atom is 0.115 e. The molecular formula is C12H12N4S. The van der Waals surface area contributed by atoms with Crippen LogP contribution in [0.4, 0.5) is 0 Å². The lowest BCUT2D eigenvalue weighted by molar-refractivity contribution is 0.735. The molecule has 5 heteroatoms. The summed E-state index contributed by atoms with van der Waals surface area (Å²) in [6, 6.07) is 2.02. The van der Waals surface area contributed by atoms with Gasteiger partial charge in [0.15, 0.2) is 0 Å². The van der Waals surface area contributed by atoms with Gasteiger partial charge in [-0.15, -0.1) is 11.3 Å². The van der Waals surface area contributed by atoms with Gasteiger partial charge in [0.1, 0.15) is 11.3 Å². The first-order valence-electron chi connectivity index (χ1n) is 5.55. The molecular weight excluding hydrogens is 232 g/mol. The Morgan fingerprint density at radius 1 is 1.29 bits per heavy atom. The van der Waals surface area contributed by atoms with Crippen molar-refractivity contribution in [2.75, 3.05) is 0 Å². The van der Waals surface area contributed by atoms with Gasteiger partial charge in [0, 0.05) is 30.2 Å². The monoisotopic (exact) mass is 244 g/mol. The first-order chi connectivity index (χ1) is 8.38. The average Bonchev–Trinajstić information content (AvgIpc) is 2.96. The molecule has 17 heavy (non-hydrogen) atoms. The molecule has 0 unspecified atom stereocenters. The summed E-state index contributed by atoms with van der Waals surface area (Å²) in [5, 5.41) is 0. The molecule has 0 aliphatic heterocycles. The van der Waals surface area contributed by atoms with Crippen LogP contribution < -0.4 is 0 Å². The Morgan fingerprint density at radius 3 is 3.00 bits per heavy atom. The minimum Gasteiger partial charge on any atom is -0.328 e. The highest BCUT2D eigenvalue weighted by atomic mass is 32.1. The van der Waals surface area contributed by atoms with Crippen LogP contribution in [-0.2, 0) is 13.0 Å². The second-order valence-corrected chi connectivity index (χ2v) is 4.75. The lowest BCUT2D eigenvalue weighted by Crippen LogP contribution is -2.01. The van der Waals surface area contributed by atoms with Crippen molar-refractivity contribution in [3.05, 3.63) is 40.9 Å². The van der Waals surface area contributed by atoms with Crippen LogP contribution in [0.2, 0.25) is 0 Å². The van der Waals surface area contributed by atoms with Crippen LogP contribution in [0, 0.1) is 0 Å². The second-order valence-electron chi connectivity index (χ2n) is 3.78. The van der Waals surface area contributed by atoms with Crippen molar-refractivity contribution in [3.63, 3.8) is 0 Å². The van der Waals surface area contributed by atoms with Crippen molar-refractivity contribution in [2.24, 2.45) is 0 Å². The molecule has 0 radical (unpaired) electrons. The van der Waals surface area contributed by atoms with E-state index in [1.807, 2.05) is 30.2 Å². The Hall–Kier alpha value is -1.75. The second kappa shape index (κ2) is 4.25. The largest absolute Gasteiger partial charge is 0.328 e. The summed E-state index contributed by atoms with van der Waals surface area (Å²) in [7, 11) is 0. The van der Waals surface area contributed by atoms with E-state index in [0.717, 1.165) is 29.8 Å². The lowest BCUT2D eigenvalue weighted by atomic mass is 10.3. The highest BCUT2D eigenvalue weighted by Crippen LogP contribution is 2.18. The Kier molecular flexibility index (Phi) is 2.60. The third-order valence-corrected chi connectivity index (χ3v) is 3.54. The van der Waals surface area contributed by atoms with Gasteiger partial charge in [-0.1, -0.05) is 0 Å². The van der Waals surface area contributed by atoms with Gasteiger partial charge < -0.3 is 4.57 Å². The molecule has 0 N–H and O–H groups in total. The maximum atomic E-state index is 4.64. The number of rotatable bonds is 3. The fourth-order valence-electron chi connectivity index (χ4n) is 2.00. The summed E-state index contributed by atoms with van der Waals surface area (Å²) in [4.78, 5) is 14.1. The Morgan fingerprint density at radius 2 is 2.24 bits per heavy atom. The molecule has 0 saturated heterocycles. The van der Waals surface area contributed by atoms with Crippen LogP contribution in [0.1, 0.15) is 17.6 Å². The van der Waals surface area contributed by atoms with E-state index >= 15 is 0 Å². The first kappa shape index (κ1) is 10.4. The summed E-state index contributed by atoms with van der Waals surface area (Å²) >= 11 is 1.67. The summed E-state index contributed by atoms with van der Waals surface area (Å²) in [6.07, 6.45) is 6.37. The Labute approximate surface area is 103 Å². The van der Waals surface area contributed by atoms with Crippen LogP contribution in [0.5, 0.6) is 0 Å². The van der Waals surface area contributed by atoms with Crippen LogP contribution in [-0.4, -0.2) is 19.5 Å². The first-order valence-corrected chi connectivity index (χ1v) is 6.43. The predicted molar refractivity (Wildman–Crippen MR) is 68.1 cm³/mol. The summed E-state index contributed by atoms with van der Waals surface area (Å²) < 4.78 is 2.23. The number of hydrogen-bond donors (Lipinski definition) is 0. The number of aryl methyl sites for hydroxylation is 1. The zero-order valence-electron chi connectivity index (χ0n) is 9.50. The van der Waals surface area contributed by atoms with E-state index in [1.165, 1.54) is 4.88 Å². The molecule has 0 amide bonds. The van der Waals surface area contributed by atoms with Gasteiger partial charge in [-0.2, -0.15) is 0 Å². The van der Waals surface area contributed by atoms with E-state index in [2.05, 4.69) is 26.4 Å². The van der Waals surface area contributed by atoms with Gasteiger partial charge in [-0.3, -0.25) is 9.97 Å². The molecule has 3 aromatic heterocycles. The molecule has 0 atom stereocenters. The van der Waals surface area contributed by atoms with Gasteiger partial charge >= 0.3 is 0 Å². The molecule has 4 nitrogen and oxygen atoms in total. The van der Waals surface area contributed by atoms with E-state index in [9.17, 15) is 0 Å². The van der Waals surface area contributed by atoms with Crippen molar-refractivity contribution < 1.29 is 0 Å². The van der Waals surface area contributed by atoms with Crippen molar-refractivity contribution in [2.45, 2.75) is 19.9 Å². The molecule has 0 aliphatic carbocycles. The average molecular weight is 244 g/mol. The highest BCUT2D eigenvalue weighted by molar-refractivity contribution is 7.09. The van der Waals surface area contributed by atoms with Crippen LogP contribution in [0.25, 0.3) is 11.0 Å². The molecule has 0 bridgehead atoms. The Balaban J connectivity index is 2.09. The number of imidazole rings is 1. The molecule has 0 saturated carbocycles. The molecule has 86 valence electrons. The fourth-order valence-corrected chi connectivity index (χ4v) is 2.60. The van der Waals surface area contributed by atoms with Crippen LogP contribution in [0.3, 0.4) is 0 Å². The van der Waals surface area contributed by atoms with Crippen molar-refractivity contribution in [3.8, 4) is 0 Å². The summed E-state index contributed by atoms with van der Waals surface area (Å²) in [5.74, 6) is 1.08. The van der Waals surface area contributed by atoms with Gasteiger partial charge in [0.2, 0.25) is 0 Å². The van der Waals surface area contributed by atoms with Crippen molar-refractivity contribution in [1.29, 1.82) is 0 Å². The number of pyridine rings is 1. The van der Waals surface area contributed by atoms with E-state index in [4.69, 9.17) is 0 Å². The number of nitrogens with zero attached hydrogens (tertiary/aromatic N) is 4. The van der Waals surface area contributed by atoms with Gasteiger partial charge in [-0.25, -0.2) is 4.98 Å². The molecule has 0 aromatic carbocycles. The van der Waals surface area contributed by atoms with E-state index in [0.29, 0.717) is 0 Å². The number of thiazole rings is 1. The normalized spacial score (nSPS) is 11.1. The molecule has 0 fully saturated rings. The smallest absolute Gasteiger partial charge is 0.115 e. The molecule has 0 spiro atoms. The molecule has 3 rings (SSSR count). The minimum atomic E-state index is 0.840. The molecule has 0 aliphatic rings. The van der Waals surface area contributed by atoms with Crippen molar-refractivity contribution in [1.82, 2.24) is 19.5 Å².